The third-order valence-corrected chi connectivity index (χ3v) is 8.10. The van der Waals surface area contributed by atoms with Crippen molar-refractivity contribution in [1.29, 1.82) is 0 Å². The number of rotatable bonds is 2. The van der Waals surface area contributed by atoms with Gasteiger partial charge in [0.1, 0.15) is 0 Å². The van der Waals surface area contributed by atoms with Crippen LogP contribution in [0.25, 0.3) is 0 Å². The van der Waals surface area contributed by atoms with Crippen molar-refractivity contribution >= 4 is 3.07 Å². The molecule has 1 aromatic carbocycles. The van der Waals surface area contributed by atoms with Crippen LogP contribution in [0.4, 0.5) is 22.0 Å². The number of benzene rings is 1. The van der Waals surface area contributed by atoms with Crippen LogP contribution in [0.1, 0.15) is 6.92 Å². The van der Waals surface area contributed by atoms with Gasteiger partial charge in [0.15, 0.2) is 0 Å². The van der Waals surface area contributed by atoms with Crippen LogP contribution < -0.4 is 3.07 Å². The summed E-state index contributed by atoms with van der Waals surface area (Å²) in [5, 5.41) is 0. The zero-order valence-electron chi connectivity index (χ0n) is 7.30. The van der Waals surface area contributed by atoms with Gasteiger partial charge in [0.05, 0.1) is 0 Å². The molecule has 1 aromatic rings. The first-order valence-corrected chi connectivity index (χ1v) is 10.6. The van der Waals surface area contributed by atoms with Crippen LogP contribution in [0.3, 0.4) is 0 Å². The molecular weight excluding hydrogens is 392 g/mol. The van der Waals surface area contributed by atoms with E-state index >= 15 is 0 Å². The SMILES string of the molecule is C[CH2][Hg][c]1c(F)c(F)c(F)c(F)c1F. The van der Waals surface area contributed by atoms with E-state index in [2.05, 4.69) is 0 Å². The average Bonchev–Trinajstić information content (AvgIpc) is 2.19. The molecule has 0 saturated heterocycles. The van der Waals surface area contributed by atoms with Gasteiger partial charge < -0.3 is 0 Å². The second-order valence-electron chi connectivity index (χ2n) is 2.80. The van der Waals surface area contributed by atoms with E-state index < -0.39 is 56.7 Å². The Morgan fingerprint density at radius 2 is 1.14 bits per heavy atom. The quantitative estimate of drug-likeness (QED) is 0.312. The summed E-state index contributed by atoms with van der Waals surface area (Å²) < 4.78 is 63.6. The van der Waals surface area contributed by atoms with Crippen molar-refractivity contribution < 1.29 is 46.5 Å². The first-order valence-electron chi connectivity index (χ1n) is 4.01. The van der Waals surface area contributed by atoms with Gasteiger partial charge in [0.25, 0.3) is 0 Å². The van der Waals surface area contributed by atoms with E-state index in [1.54, 1.807) is 6.92 Å². The fraction of sp³-hybridized carbons (Fsp3) is 0.250. The van der Waals surface area contributed by atoms with Crippen molar-refractivity contribution in [3.63, 3.8) is 0 Å². The molecule has 6 heteroatoms. The van der Waals surface area contributed by atoms with Gasteiger partial charge in [-0.05, 0) is 0 Å². The molecule has 0 fully saturated rings. The first kappa shape index (κ1) is 11.9. The third kappa shape index (κ3) is 1.92. The van der Waals surface area contributed by atoms with Crippen molar-refractivity contribution in [1.82, 2.24) is 0 Å². The van der Waals surface area contributed by atoms with E-state index in [4.69, 9.17) is 0 Å². The molecule has 0 saturated carbocycles. The Morgan fingerprint density at radius 1 is 0.786 bits per heavy atom. The summed E-state index contributed by atoms with van der Waals surface area (Å²) in [6.07, 6.45) is 0. The molecule has 14 heavy (non-hydrogen) atoms. The van der Waals surface area contributed by atoms with E-state index in [0.717, 1.165) is 0 Å². The van der Waals surface area contributed by atoms with Gasteiger partial charge in [0, 0.05) is 0 Å². The summed E-state index contributed by atoms with van der Waals surface area (Å²) in [4.78, 5) is 0. The molecule has 0 atom stereocenters. The Labute approximate surface area is 89.5 Å². The minimum absolute atomic E-state index is 0.524. The van der Waals surface area contributed by atoms with E-state index in [1.807, 2.05) is 0 Å². The molecule has 0 radical (unpaired) electrons. The predicted octanol–water partition coefficient (Wildman–Crippen LogP) is 2.53. The van der Waals surface area contributed by atoms with Gasteiger partial charge in [-0.2, -0.15) is 0 Å². The summed E-state index contributed by atoms with van der Waals surface area (Å²) in [7, 11) is 0. The molecule has 74 valence electrons. The van der Waals surface area contributed by atoms with Crippen LogP contribution in [-0.4, -0.2) is 0 Å². The summed E-state index contributed by atoms with van der Waals surface area (Å²) in [5.41, 5.74) is 0. The molecule has 0 aliphatic carbocycles. The summed E-state index contributed by atoms with van der Waals surface area (Å²) in [5.74, 6) is -9.00. The second kappa shape index (κ2) is 4.55. The molecule has 1 rings (SSSR count). The summed E-state index contributed by atoms with van der Waals surface area (Å²) in [6.45, 7) is 1.68. The fourth-order valence-corrected chi connectivity index (χ4v) is 5.98. The van der Waals surface area contributed by atoms with Crippen LogP contribution in [0.2, 0.25) is 3.93 Å². The maximum absolute atomic E-state index is 12.9. The molecule has 0 aliphatic rings. The van der Waals surface area contributed by atoms with Crippen LogP contribution in [0.15, 0.2) is 0 Å². The normalized spacial score (nSPS) is 10.1. The monoisotopic (exact) mass is 398 g/mol. The summed E-state index contributed by atoms with van der Waals surface area (Å²) in [6, 6.07) is 0. The Morgan fingerprint density at radius 3 is 1.50 bits per heavy atom. The molecule has 0 nitrogen and oxygen atoms in total. The predicted molar refractivity (Wildman–Crippen MR) is 36.3 cm³/mol. The number of hydrogen-bond acceptors (Lipinski definition) is 0. The first-order chi connectivity index (χ1) is 6.50. The van der Waals surface area contributed by atoms with Crippen molar-refractivity contribution in [2.75, 3.05) is 0 Å². The molecule has 0 aromatic heterocycles. The second-order valence-corrected chi connectivity index (χ2v) is 11.4. The number of hydrogen-bond donors (Lipinski definition) is 0. The van der Waals surface area contributed by atoms with E-state index in [-0.39, 0.29) is 0 Å². The molecule has 0 N–H and O–H groups in total. The molecule has 0 amide bonds. The number of halogens is 5. The van der Waals surface area contributed by atoms with Crippen molar-refractivity contribution in [3.05, 3.63) is 29.1 Å². The molecule has 0 unspecified atom stereocenters. The topological polar surface area (TPSA) is 0 Å². The van der Waals surface area contributed by atoms with Gasteiger partial charge in [-0.25, -0.2) is 0 Å². The van der Waals surface area contributed by atoms with Gasteiger partial charge in [-0.3, -0.25) is 0 Å². The van der Waals surface area contributed by atoms with Gasteiger partial charge in [-0.1, -0.05) is 0 Å². The summed E-state index contributed by atoms with van der Waals surface area (Å²) >= 11 is -2.16. The van der Waals surface area contributed by atoms with Gasteiger partial charge >= 0.3 is 89.5 Å². The van der Waals surface area contributed by atoms with Crippen LogP contribution in [-0.2, 0) is 24.6 Å². The Hall–Kier alpha value is -0.195. The maximum atomic E-state index is 12.9. The zero-order valence-corrected chi connectivity index (χ0v) is 12.8. The molecule has 0 heterocycles. The third-order valence-electron chi connectivity index (χ3n) is 1.80. The van der Waals surface area contributed by atoms with Crippen molar-refractivity contribution in [2.24, 2.45) is 0 Å². The van der Waals surface area contributed by atoms with Crippen molar-refractivity contribution in [2.45, 2.75) is 10.9 Å². The Balaban J connectivity index is 3.43. The van der Waals surface area contributed by atoms with Crippen LogP contribution >= 0.6 is 0 Å². The molecule has 0 spiro atoms. The van der Waals surface area contributed by atoms with Gasteiger partial charge in [0.2, 0.25) is 0 Å². The molecule has 0 bridgehead atoms. The van der Waals surface area contributed by atoms with Crippen LogP contribution in [0.5, 0.6) is 0 Å². The minimum atomic E-state index is -2.16. The standard InChI is InChI=1S/C6F5.C2H5.Hg/c7-2-1-3(8)5(10)6(11)4(2)9;1-2;/h;1H2,2H3;. The van der Waals surface area contributed by atoms with Crippen molar-refractivity contribution in [3.8, 4) is 0 Å². The molecular formula is C8H5F5Hg. The van der Waals surface area contributed by atoms with E-state index in [0.29, 0.717) is 3.93 Å². The Kier molecular flexibility index (Phi) is 3.86. The van der Waals surface area contributed by atoms with Gasteiger partial charge in [-0.15, -0.1) is 0 Å². The molecule has 0 aliphatic heterocycles. The van der Waals surface area contributed by atoms with Crippen LogP contribution in [0, 0.1) is 29.1 Å². The van der Waals surface area contributed by atoms with E-state index in [9.17, 15) is 22.0 Å². The fourth-order valence-electron chi connectivity index (χ4n) is 1.12. The van der Waals surface area contributed by atoms with E-state index in [1.165, 1.54) is 0 Å². The zero-order chi connectivity index (χ0) is 10.9. The Bertz CT molecular complexity index is 334. The average molecular weight is 397 g/mol.